The molecule has 222 valence electrons. The fourth-order valence-corrected chi connectivity index (χ4v) is 5.33. The van der Waals surface area contributed by atoms with Crippen LogP contribution in [-0.4, -0.2) is 46.5 Å². The minimum atomic E-state index is -1.08. The molecule has 3 amide bonds. The first-order valence-corrected chi connectivity index (χ1v) is 14.3. The Balaban J connectivity index is 1.30. The van der Waals surface area contributed by atoms with Gasteiger partial charge in [-0.1, -0.05) is 97.1 Å². The van der Waals surface area contributed by atoms with Crippen molar-refractivity contribution in [3.05, 3.63) is 119 Å². The molecule has 1 fully saturated rings. The number of rotatable bonds is 8. The number of amides is 3. The fourth-order valence-electron chi connectivity index (χ4n) is 5.33. The summed E-state index contributed by atoms with van der Waals surface area (Å²) in [6.07, 6.45) is 1.39. The van der Waals surface area contributed by atoms with E-state index in [0.717, 1.165) is 11.1 Å². The predicted octanol–water partition coefficient (Wildman–Crippen LogP) is 4.96. The molecule has 2 aliphatic rings. The molecule has 0 aliphatic carbocycles. The molecule has 3 aromatic carbocycles. The number of hydrogen-bond donors (Lipinski definition) is 2. The van der Waals surface area contributed by atoms with E-state index in [1.807, 2.05) is 60.7 Å². The number of fused-ring (bicyclic) bond motifs is 1. The van der Waals surface area contributed by atoms with Gasteiger partial charge < -0.3 is 20.1 Å². The third kappa shape index (κ3) is 6.77. The van der Waals surface area contributed by atoms with Crippen LogP contribution in [0.4, 0.5) is 4.79 Å². The quantitative estimate of drug-likeness (QED) is 0.287. The van der Waals surface area contributed by atoms with E-state index >= 15 is 0 Å². The molecule has 0 unspecified atom stereocenters. The SMILES string of the molecule is CC(C)(C)OC(=O)N[C@@H](C(=O)N[C@@H]1C(=O)N2C(C(=O)OC(c3ccccc3)c3ccccc3)=CCC[C@H]12)c1ccccc1. The first-order chi connectivity index (χ1) is 20.6. The average molecular weight is 582 g/mol. The number of allylic oxidation sites excluding steroid dienone is 1. The molecule has 9 heteroatoms. The summed E-state index contributed by atoms with van der Waals surface area (Å²) in [6.45, 7) is 5.19. The normalized spacial score (nSPS) is 18.5. The van der Waals surface area contributed by atoms with Crippen LogP contribution in [0.5, 0.6) is 0 Å². The van der Waals surface area contributed by atoms with E-state index in [1.165, 1.54) is 4.90 Å². The van der Waals surface area contributed by atoms with E-state index in [-0.39, 0.29) is 5.70 Å². The topological polar surface area (TPSA) is 114 Å². The Bertz CT molecular complexity index is 1460. The molecule has 0 aromatic heterocycles. The zero-order chi connectivity index (χ0) is 30.6. The van der Waals surface area contributed by atoms with Gasteiger partial charge in [0.25, 0.3) is 5.91 Å². The van der Waals surface area contributed by atoms with Gasteiger partial charge in [-0.2, -0.15) is 0 Å². The molecule has 1 saturated heterocycles. The van der Waals surface area contributed by atoms with Gasteiger partial charge in [-0.05, 0) is 50.3 Å². The predicted molar refractivity (Wildman–Crippen MR) is 159 cm³/mol. The molecule has 0 saturated carbocycles. The van der Waals surface area contributed by atoms with E-state index < -0.39 is 53.7 Å². The monoisotopic (exact) mass is 581 g/mol. The number of carbonyl (C=O) groups is 4. The number of carbonyl (C=O) groups excluding carboxylic acids is 4. The Kier molecular flexibility index (Phi) is 8.61. The summed E-state index contributed by atoms with van der Waals surface area (Å²) < 4.78 is 11.4. The molecule has 3 atom stereocenters. The van der Waals surface area contributed by atoms with E-state index in [9.17, 15) is 19.2 Å². The number of alkyl carbamates (subject to hydrolysis) is 1. The van der Waals surface area contributed by atoms with Crippen molar-refractivity contribution in [1.82, 2.24) is 15.5 Å². The summed E-state index contributed by atoms with van der Waals surface area (Å²) in [7, 11) is 0. The third-order valence-corrected chi connectivity index (χ3v) is 7.27. The van der Waals surface area contributed by atoms with Gasteiger partial charge in [0.15, 0.2) is 6.10 Å². The van der Waals surface area contributed by atoms with Crippen LogP contribution in [0, 0.1) is 0 Å². The summed E-state index contributed by atoms with van der Waals surface area (Å²) in [5.74, 6) is -1.59. The number of nitrogens with one attached hydrogen (secondary N) is 2. The molecule has 3 aromatic rings. The van der Waals surface area contributed by atoms with Crippen molar-refractivity contribution in [2.75, 3.05) is 0 Å². The lowest BCUT2D eigenvalue weighted by atomic mass is 9.86. The number of β-lactam (4-membered cyclic amide) rings is 1. The number of esters is 1. The Morgan fingerprint density at radius 2 is 1.37 bits per heavy atom. The molecule has 2 N–H and O–H groups in total. The Morgan fingerprint density at radius 1 is 0.837 bits per heavy atom. The third-order valence-electron chi connectivity index (χ3n) is 7.27. The number of hydrogen-bond acceptors (Lipinski definition) is 6. The molecular weight excluding hydrogens is 546 g/mol. The van der Waals surface area contributed by atoms with Crippen LogP contribution in [0.3, 0.4) is 0 Å². The van der Waals surface area contributed by atoms with Crippen LogP contribution < -0.4 is 10.6 Å². The van der Waals surface area contributed by atoms with Gasteiger partial charge >= 0.3 is 12.1 Å². The summed E-state index contributed by atoms with van der Waals surface area (Å²) in [5, 5.41) is 5.43. The van der Waals surface area contributed by atoms with Crippen molar-refractivity contribution >= 4 is 23.9 Å². The highest BCUT2D eigenvalue weighted by atomic mass is 16.6. The van der Waals surface area contributed by atoms with E-state index in [1.54, 1.807) is 57.2 Å². The summed E-state index contributed by atoms with van der Waals surface area (Å²) in [4.78, 5) is 54.4. The molecule has 0 bridgehead atoms. The standard InChI is InChI=1S/C34H35N3O6/c1-34(2,3)43-33(41)36-27(22-14-7-4-8-15-22)30(38)35-28-25-20-13-21-26(37(25)31(28)39)32(40)42-29(23-16-9-5-10-17-23)24-18-11-6-12-19-24/h4-12,14-19,21,25,27-29H,13,20H2,1-3H3,(H,35,38)(H,36,41)/t25-,27-,28+/m1/s1. The number of nitrogens with zero attached hydrogens (tertiary/aromatic N) is 1. The van der Waals surface area contributed by atoms with Gasteiger partial charge in [-0.25, -0.2) is 9.59 Å². The smallest absolute Gasteiger partial charge is 0.408 e. The van der Waals surface area contributed by atoms with Crippen molar-refractivity contribution in [2.45, 2.75) is 63.4 Å². The summed E-state index contributed by atoms with van der Waals surface area (Å²) in [5.41, 5.74) is 1.55. The maximum Gasteiger partial charge on any atom is 0.408 e. The van der Waals surface area contributed by atoms with Gasteiger partial charge in [-0.3, -0.25) is 14.5 Å². The van der Waals surface area contributed by atoms with Crippen molar-refractivity contribution in [1.29, 1.82) is 0 Å². The summed E-state index contributed by atoms with van der Waals surface area (Å²) in [6, 6.07) is 25.2. The maximum absolute atomic E-state index is 13.5. The number of ether oxygens (including phenoxy) is 2. The van der Waals surface area contributed by atoms with Crippen LogP contribution in [0.1, 0.15) is 62.4 Å². The molecule has 2 aliphatic heterocycles. The minimum Gasteiger partial charge on any atom is -0.448 e. The van der Waals surface area contributed by atoms with Crippen molar-refractivity contribution in [2.24, 2.45) is 0 Å². The second kappa shape index (κ2) is 12.5. The van der Waals surface area contributed by atoms with E-state index in [0.29, 0.717) is 18.4 Å². The Morgan fingerprint density at radius 3 is 1.91 bits per heavy atom. The van der Waals surface area contributed by atoms with Crippen molar-refractivity contribution in [3.8, 4) is 0 Å². The molecule has 0 spiro atoms. The largest absolute Gasteiger partial charge is 0.448 e. The van der Waals surface area contributed by atoms with Crippen LogP contribution in [-0.2, 0) is 23.9 Å². The molecule has 5 rings (SSSR count). The van der Waals surface area contributed by atoms with Gasteiger partial charge in [-0.15, -0.1) is 0 Å². The van der Waals surface area contributed by atoms with Gasteiger partial charge in [0, 0.05) is 0 Å². The lowest BCUT2D eigenvalue weighted by molar-refractivity contribution is -0.159. The highest BCUT2D eigenvalue weighted by Gasteiger charge is 2.52. The highest BCUT2D eigenvalue weighted by Crippen LogP contribution is 2.36. The first-order valence-electron chi connectivity index (χ1n) is 14.3. The second-order valence-corrected chi connectivity index (χ2v) is 11.5. The molecular formula is C34H35N3O6. The summed E-state index contributed by atoms with van der Waals surface area (Å²) >= 11 is 0. The zero-order valence-corrected chi connectivity index (χ0v) is 24.4. The average Bonchev–Trinajstić information content (AvgIpc) is 3.01. The van der Waals surface area contributed by atoms with Gasteiger partial charge in [0.2, 0.25) is 5.91 Å². The fraction of sp³-hybridized carbons (Fsp3) is 0.294. The lowest BCUT2D eigenvalue weighted by Crippen LogP contribution is -2.72. The maximum atomic E-state index is 13.5. The lowest BCUT2D eigenvalue weighted by Gasteiger charge is -2.49. The Labute approximate surface area is 250 Å². The molecule has 43 heavy (non-hydrogen) atoms. The van der Waals surface area contributed by atoms with Crippen LogP contribution in [0.2, 0.25) is 0 Å². The Hall–Kier alpha value is -4.92. The van der Waals surface area contributed by atoms with E-state index in [4.69, 9.17) is 9.47 Å². The van der Waals surface area contributed by atoms with E-state index in [2.05, 4.69) is 10.6 Å². The van der Waals surface area contributed by atoms with Crippen molar-refractivity contribution < 1.29 is 28.7 Å². The molecule has 2 heterocycles. The van der Waals surface area contributed by atoms with Crippen LogP contribution in [0.15, 0.2) is 103 Å². The minimum absolute atomic E-state index is 0.162. The van der Waals surface area contributed by atoms with Crippen LogP contribution in [0.25, 0.3) is 0 Å². The number of benzene rings is 3. The van der Waals surface area contributed by atoms with Crippen molar-refractivity contribution in [3.63, 3.8) is 0 Å². The van der Waals surface area contributed by atoms with Crippen LogP contribution >= 0.6 is 0 Å². The zero-order valence-electron chi connectivity index (χ0n) is 24.4. The molecule has 9 nitrogen and oxygen atoms in total. The van der Waals surface area contributed by atoms with Gasteiger partial charge in [0.05, 0.1) is 6.04 Å². The molecule has 0 radical (unpaired) electrons. The second-order valence-electron chi connectivity index (χ2n) is 11.5. The first kappa shape index (κ1) is 29.6. The van der Waals surface area contributed by atoms with Gasteiger partial charge in [0.1, 0.15) is 23.4 Å². The highest BCUT2D eigenvalue weighted by molar-refractivity contribution is 6.02.